The molecule has 98 valence electrons. The molecule has 0 saturated carbocycles. The highest BCUT2D eigenvalue weighted by Crippen LogP contribution is 2.32. The first kappa shape index (κ1) is 12.7. The van der Waals surface area contributed by atoms with Crippen LogP contribution in [0.2, 0.25) is 0 Å². The van der Waals surface area contributed by atoms with Gasteiger partial charge in [0.25, 0.3) is 0 Å². The Morgan fingerprint density at radius 1 is 1.29 bits per heavy atom. The maximum Gasteiger partial charge on any atom is 0.407 e. The first-order chi connectivity index (χ1) is 8.06. The summed E-state index contributed by atoms with van der Waals surface area (Å²) in [4.78, 5) is 14.1. The second-order valence-electron chi connectivity index (χ2n) is 5.67. The van der Waals surface area contributed by atoms with Crippen LogP contribution in [0.3, 0.4) is 0 Å². The minimum Gasteiger partial charge on any atom is -0.447 e. The third-order valence-corrected chi connectivity index (χ3v) is 4.00. The zero-order valence-electron chi connectivity index (χ0n) is 11.1. The Labute approximate surface area is 104 Å². The average molecular weight is 240 g/mol. The molecule has 2 atom stereocenters. The van der Waals surface area contributed by atoms with Gasteiger partial charge in [-0.1, -0.05) is 6.42 Å². The van der Waals surface area contributed by atoms with E-state index in [1.54, 1.807) is 0 Å². The molecule has 4 heteroatoms. The van der Waals surface area contributed by atoms with Gasteiger partial charge in [0.15, 0.2) is 0 Å². The van der Waals surface area contributed by atoms with Crippen molar-refractivity contribution in [2.45, 2.75) is 70.2 Å². The van der Waals surface area contributed by atoms with Gasteiger partial charge >= 0.3 is 6.09 Å². The van der Waals surface area contributed by atoms with Crippen molar-refractivity contribution in [3.63, 3.8) is 0 Å². The van der Waals surface area contributed by atoms with E-state index in [1.165, 1.54) is 19.3 Å². The van der Waals surface area contributed by atoms with Crippen molar-refractivity contribution in [1.82, 2.24) is 10.2 Å². The van der Waals surface area contributed by atoms with Gasteiger partial charge in [-0.3, -0.25) is 0 Å². The van der Waals surface area contributed by atoms with Gasteiger partial charge in [-0.2, -0.15) is 0 Å². The molecule has 0 aromatic carbocycles. The molecule has 2 aliphatic rings. The molecule has 2 bridgehead atoms. The van der Waals surface area contributed by atoms with Gasteiger partial charge in [-0.05, 0) is 46.6 Å². The summed E-state index contributed by atoms with van der Waals surface area (Å²) in [6, 6.07) is 1.59. The summed E-state index contributed by atoms with van der Waals surface area (Å²) in [6.45, 7) is 3.76. The molecular formula is C13H24N2O2. The average Bonchev–Trinajstić information content (AvgIpc) is 2.18. The van der Waals surface area contributed by atoms with Gasteiger partial charge in [0.05, 0.1) is 6.10 Å². The maximum absolute atomic E-state index is 11.6. The molecule has 0 aromatic rings. The van der Waals surface area contributed by atoms with Crippen LogP contribution in [0.15, 0.2) is 0 Å². The van der Waals surface area contributed by atoms with Gasteiger partial charge in [-0.25, -0.2) is 4.79 Å². The maximum atomic E-state index is 11.6. The van der Waals surface area contributed by atoms with Crippen LogP contribution in [0, 0.1) is 0 Å². The normalized spacial score (nSPS) is 33.5. The summed E-state index contributed by atoms with van der Waals surface area (Å²) in [5.41, 5.74) is 0. The van der Waals surface area contributed by atoms with Crippen LogP contribution < -0.4 is 5.32 Å². The van der Waals surface area contributed by atoms with E-state index in [1.807, 2.05) is 13.8 Å². The van der Waals surface area contributed by atoms with Gasteiger partial charge in [0.2, 0.25) is 0 Å². The van der Waals surface area contributed by atoms with Crippen LogP contribution in [-0.4, -0.2) is 42.3 Å². The first-order valence-electron chi connectivity index (χ1n) is 6.75. The van der Waals surface area contributed by atoms with E-state index >= 15 is 0 Å². The molecule has 0 radical (unpaired) electrons. The van der Waals surface area contributed by atoms with Crippen molar-refractivity contribution < 1.29 is 9.53 Å². The lowest BCUT2D eigenvalue weighted by atomic mass is 9.82. The molecule has 0 spiro atoms. The number of hydrogen-bond donors (Lipinski definition) is 1. The number of ether oxygens (including phenoxy) is 1. The molecule has 17 heavy (non-hydrogen) atoms. The van der Waals surface area contributed by atoms with Crippen molar-refractivity contribution >= 4 is 6.09 Å². The largest absolute Gasteiger partial charge is 0.447 e. The molecule has 0 aromatic heterocycles. The predicted molar refractivity (Wildman–Crippen MR) is 67.0 cm³/mol. The van der Waals surface area contributed by atoms with E-state index in [-0.39, 0.29) is 12.2 Å². The molecule has 2 unspecified atom stereocenters. The Balaban J connectivity index is 1.85. The number of nitrogens with zero attached hydrogens (tertiary/aromatic N) is 1. The summed E-state index contributed by atoms with van der Waals surface area (Å²) in [7, 11) is 2.22. The van der Waals surface area contributed by atoms with Crippen molar-refractivity contribution in [3.05, 3.63) is 0 Å². The van der Waals surface area contributed by atoms with Gasteiger partial charge in [0, 0.05) is 18.1 Å². The Morgan fingerprint density at radius 2 is 1.88 bits per heavy atom. The SMILES string of the molecule is CC(C)OC(=O)NC1CC2CCCC(C1)N2C. The first-order valence-corrected chi connectivity index (χ1v) is 6.75. The van der Waals surface area contributed by atoms with Crippen molar-refractivity contribution in [2.24, 2.45) is 0 Å². The summed E-state index contributed by atoms with van der Waals surface area (Å²) in [5, 5.41) is 3.01. The monoisotopic (exact) mass is 240 g/mol. The third kappa shape index (κ3) is 3.12. The lowest BCUT2D eigenvalue weighted by Gasteiger charge is -2.47. The fraction of sp³-hybridized carbons (Fsp3) is 0.923. The van der Waals surface area contributed by atoms with Crippen LogP contribution in [0.1, 0.15) is 46.0 Å². The van der Waals surface area contributed by atoms with Crippen LogP contribution >= 0.6 is 0 Å². The second-order valence-corrected chi connectivity index (χ2v) is 5.67. The van der Waals surface area contributed by atoms with E-state index in [4.69, 9.17) is 4.74 Å². The molecule has 0 aliphatic carbocycles. The van der Waals surface area contributed by atoms with Crippen LogP contribution in [0.4, 0.5) is 4.79 Å². The van der Waals surface area contributed by atoms with Crippen LogP contribution in [0.25, 0.3) is 0 Å². The van der Waals surface area contributed by atoms with Gasteiger partial charge in [-0.15, -0.1) is 0 Å². The lowest BCUT2D eigenvalue weighted by Crippen LogP contribution is -2.55. The number of piperidine rings is 2. The molecule has 2 aliphatic heterocycles. The van der Waals surface area contributed by atoms with Crippen molar-refractivity contribution in [1.29, 1.82) is 0 Å². The highest BCUT2D eigenvalue weighted by Gasteiger charge is 2.36. The Morgan fingerprint density at radius 3 is 2.41 bits per heavy atom. The number of hydrogen-bond acceptors (Lipinski definition) is 3. The number of nitrogens with one attached hydrogen (secondary N) is 1. The zero-order valence-corrected chi connectivity index (χ0v) is 11.1. The standard InChI is InChI=1S/C13H24N2O2/c1-9(2)17-13(16)14-10-7-11-5-4-6-12(8-10)15(11)3/h9-12H,4-8H2,1-3H3,(H,14,16). The van der Waals surface area contributed by atoms with Gasteiger partial charge in [0.1, 0.15) is 0 Å². The predicted octanol–water partition coefficient (Wildman–Crippen LogP) is 2.14. The Kier molecular flexibility index (Phi) is 3.92. The van der Waals surface area contributed by atoms with Crippen LogP contribution in [0.5, 0.6) is 0 Å². The zero-order chi connectivity index (χ0) is 12.4. The lowest BCUT2D eigenvalue weighted by molar-refractivity contribution is 0.0440. The molecule has 2 fully saturated rings. The number of amides is 1. The highest BCUT2D eigenvalue weighted by atomic mass is 16.6. The fourth-order valence-electron chi connectivity index (χ4n) is 3.15. The van der Waals surface area contributed by atoms with Crippen molar-refractivity contribution in [2.75, 3.05) is 7.05 Å². The molecule has 2 heterocycles. The number of alkyl carbamates (subject to hydrolysis) is 1. The second kappa shape index (κ2) is 5.25. The number of carbonyl (C=O) groups is 1. The quantitative estimate of drug-likeness (QED) is 0.804. The van der Waals surface area contributed by atoms with E-state index in [0.717, 1.165) is 12.8 Å². The third-order valence-electron chi connectivity index (χ3n) is 4.00. The molecule has 1 amide bonds. The smallest absolute Gasteiger partial charge is 0.407 e. The summed E-state index contributed by atoms with van der Waals surface area (Å²) < 4.78 is 5.14. The van der Waals surface area contributed by atoms with Crippen LogP contribution in [-0.2, 0) is 4.74 Å². The molecule has 4 nitrogen and oxygen atoms in total. The molecular weight excluding hydrogens is 216 g/mol. The highest BCUT2D eigenvalue weighted by molar-refractivity contribution is 5.67. The van der Waals surface area contributed by atoms with E-state index in [0.29, 0.717) is 18.1 Å². The minimum absolute atomic E-state index is 0.0410. The van der Waals surface area contributed by atoms with Gasteiger partial charge < -0.3 is 15.0 Å². The Bertz CT molecular complexity index is 267. The Hall–Kier alpha value is -0.770. The molecule has 2 rings (SSSR count). The summed E-state index contributed by atoms with van der Waals surface area (Å²) >= 11 is 0. The molecule has 2 saturated heterocycles. The fourth-order valence-corrected chi connectivity index (χ4v) is 3.15. The number of fused-ring (bicyclic) bond motifs is 2. The molecule has 1 N–H and O–H groups in total. The topological polar surface area (TPSA) is 41.6 Å². The summed E-state index contributed by atoms with van der Waals surface area (Å²) in [5.74, 6) is 0. The summed E-state index contributed by atoms with van der Waals surface area (Å²) in [6.07, 6.45) is 5.71. The van der Waals surface area contributed by atoms with E-state index < -0.39 is 0 Å². The number of carbonyl (C=O) groups excluding carboxylic acids is 1. The van der Waals surface area contributed by atoms with Crippen molar-refractivity contribution in [3.8, 4) is 0 Å². The minimum atomic E-state index is -0.257. The van der Waals surface area contributed by atoms with E-state index in [9.17, 15) is 4.79 Å². The van der Waals surface area contributed by atoms with E-state index in [2.05, 4.69) is 17.3 Å². The number of rotatable bonds is 2.